The van der Waals surface area contributed by atoms with E-state index in [1.165, 1.54) is 6.92 Å². The minimum atomic E-state index is -3.31. The SMILES string of the molecule is CCS(=O)(=O)c1ssc(=O)c1Cl. The van der Waals surface area contributed by atoms with Crippen molar-refractivity contribution in [1.82, 2.24) is 0 Å². The van der Waals surface area contributed by atoms with Gasteiger partial charge < -0.3 is 0 Å². The first-order chi connectivity index (χ1) is 5.49. The van der Waals surface area contributed by atoms with E-state index in [0.29, 0.717) is 0 Å². The lowest BCUT2D eigenvalue weighted by atomic mass is 10.8. The van der Waals surface area contributed by atoms with Crippen LogP contribution in [-0.2, 0) is 9.84 Å². The van der Waals surface area contributed by atoms with Crippen LogP contribution in [0.1, 0.15) is 6.92 Å². The van der Waals surface area contributed by atoms with Crippen molar-refractivity contribution in [2.75, 3.05) is 5.75 Å². The fourth-order valence-electron chi connectivity index (χ4n) is 0.552. The molecular formula is C5H5ClO3S3. The van der Waals surface area contributed by atoms with Crippen LogP contribution in [0.25, 0.3) is 0 Å². The Bertz CT molecular complexity index is 427. The lowest BCUT2D eigenvalue weighted by molar-refractivity contribution is 0.599. The van der Waals surface area contributed by atoms with Gasteiger partial charge in [0, 0.05) is 0 Å². The second kappa shape index (κ2) is 3.45. The molecule has 1 heterocycles. The van der Waals surface area contributed by atoms with E-state index in [-0.39, 0.29) is 19.7 Å². The highest BCUT2D eigenvalue weighted by molar-refractivity contribution is 7.95. The summed E-state index contributed by atoms with van der Waals surface area (Å²) in [6, 6.07) is 0. The van der Waals surface area contributed by atoms with E-state index >= 15 is 0 Å². The van der Waals surface area contributed by atoms with Gasteiger partial charge in [0.1, 0.15) is 5.02 Å². The van der Waals surface area contributed by atoms with E-state index in [0.717, 1.165) is 20.7 Å². The van der Waals surface area contributed by atoms with Crippen molar-refractivity contribution in [2.24, 2.45) is 0 Å². The zero-order chi connectivity index (χ0) is 9.35. The maximum atomic E-state index is 11.2. The molecular weight excluding hydrogens is 240 g/mol. The first-order valence-electron chi connectivity index (χ1n) is 3.00. The predicted octanol–water partition coefficient (Wildman–Crippen LogP) is 1.62. The highest BCUT2D eigenvalue weighted by atomic mass is 35.5. The van der Waals surface area contributed by atoms with Crippen LogP contribution < -0.4 is 4.74 Å². The summed E-state index contributed by atoms with van der Waals surface area (Å²) in [6.07, 6.45) is 0. The summed E-state index contributed by atoms with van der Waals surface area (Å²) < 4.78 is 22.1. The van der Waals surface area contributed by atoms with E-state index in [2.05, 4.69) is 0 Å². The Morgan fingerprint density at radius 2 is 2.00 bits per heavy atom. The standard InChI is InChI=1S/C5H5ClO3S3/c1-2-12(8,9)5-3(6)4(7)10-11-5/h2H2,1H3. The average molecular weight is 245 g/mol. The fraction of sp³-hybridized carbons (Fsp3) is 0.400. The highest BCUT2D eigenvalue weighted by Gasteiger charge is 2.20. The van der Waals surface area contributed by atoms with Gasteiger partial charge in [-0.3, -0.25) is 4.79 Å². The van der Waals surface area contributed by atoms with Crippen LogP contribution in [0.3, 0.4) is 0 Å². The van der Waals surface area contributed by atoms with Gasteiger partial charge in [-0.05, 0) is 10.3 Å². The van der Waals surface area contributed by atoms with E-state index in [1.807, 2.05) is 0 Å². The summed E-state index contributed by atoms with van der Waals surface area (Å²) in [6.45, 7) is 1.51. The topological polar surface area (TPSA) is 51.2 Å². The molecule has 68 valence electrons. The average Bonchev–Trinajstić information content (AvgIpc) is 2.33. The molecule has 3 nitrogen and oxygen atoms in total. The van der Waals surface area contributed by atoms with Crippen LogP contribution in [0.2, 0.25) is 5.02 Å². The molecule has 0 atom stereocenters. The smallest absolute Gasteiger partial charge is 0.262 e. The summed E-state index contributed by atoms with van der Waals surface area (Å²) in [4.78, 5) is 10.8. The molecule has 1 aromatic rings. The van der Waals surface area contributed by atoms with Gasteiger partial charge >= 0.3 is 0 Å². The van der Waals surface area contributed by atoms with Crippen LogP contribution in [0.15, 0.2) is 9.00 Å². The second-order valence-corrected chi connectivity index (χ2v) is 6.92. The number of hydrogen-bond acceptors (Lipinski definition) is 5. The predicted molar refractivity (Wildman–Crippen MR) is 51.2 cm³/mol. The largest absolute Gasteiger partial charge is 0.275 e. The molecule has 0 aliphatic carbocycles. The van der Waals surface area contributed by atoms with E-state index < -0.39 is 9.84 Å². The maximum absolute atomic E-state index is 11.2. The Hall–Kier alpha value is 0.0900. The van der Waals surface area contributed by atoms with Crippen LogP contribution in [0, 0.1) is 0 Å². The highest BCUT2D eigenvalue weighted by Crippen LogP contribution is 2.27. The first kappa shape index (κ1) is 10.2. The molecule has 0 amide bonds. The zero-order valence-corrected chi connectivity index (χ0v) is 9.24. The van der Waals surface area contributed by atoms with E-state index in [4.69, 9.17) is 11.6 Å². The van der Waals surface area contributed by atoms with Gasteiger partial charge in [0.2, 0.25) is 0 Å². The Labute approximate surface area is 81.9 Å². The van der Waals surface area contributed by atoms with Gasteiger partial charge in [0.05, 0.1) is 5.75 Å². The van der Waals surface area contributed by atoms with Crippen LogP contribution >= 0.6 is 32.3 Å². The van der Waals surface area contributed by atoms with Crippen LogP contribution in [0.5, 0.6) is 0 Å². The third-order valence-electron chi connectivity index (χ3n) is 1.21. The number of hydrogen-bond donors (Lipinski definition) is 0. The molecule has 0 unspecified atom stereocenters. The Balaban J connectivity index is 3.40. The van der Waals surface area contributed by atoms with E-state index in [1.54, 1.807) is 0 Å². The quantitative estimate of drug-likeness (QED) is 0.743. The Kier molecular flexibility index (Phi) is 2.92. The Morgan fingerprint density at radius 3 is 2.33 bits per heavy atom. The van der Waals surface area contributed by atoms with Crippen molar-refractivity contribution in [3.63, 3.8) is 0 Å². The molecule has 1 rings (SSSR count). The van der Waals surface area contributed by atoms with Gasteiger partial charge in [0.15, 0.2) is 14.0 Å². The summed E-state index contributed by atoms with van der Waals surface area (Å²) in [5.74, 6) is -0.0284. The molecule has 0 aromatic carbocycles. The molecule has 0 saturated carbocycles. The van der Waals surface area contributed by atoms with Gasteiger partial charge in [0.25, 0.3) is 4.74 Å². The van der Waals surface area contributed by atoms with Crippen molar-refractivity contribution in [1.29, 1.82) is 0 Å². The molecule has 0 bridgehead atoms. The van der Waals surface area contributed by atoms with Crippen molar-refractivity contribution in [2.45, 2.75) is 11.1 Å². The number of sulfone groups is 1. The van der Waals surface area contributed by atoms with Gasteiger partial charge in [-0.2, -0.15) is 0 Å². The van der Waals surface area contributed by atoms with Crippen LogP contribution in [0.4, 0.5) is 0 Å². The fourth-order valence-corrected chi connectivity index (χ4v) is 5.62. The minimum Gasteiger partial charge on any atom is -0.275 e. The first-order valence-corrected chi connectivity index (χ1v) is 7.18. The molecule has 0 saturated heterocycles. The molecule has 0 N–H and O–H groups in total. The van der Waals surface area contributed by atoms with Crippen molar-refractivity contribution >= 4 is 42.1 Å². The van der Waals surface area contributed by atoms with Crippen LogP contribution in [-0.4, -0.2) is 14.2 Å². The maximum Gasteiger partial charge on any atom is 0.262 e. The summed E-state index contributed by atoms with van der Waals surface area (Å²) >= 11 is 5.50. The molecule has 0 radical (unpaired) electrons. The molecule has 7 heteroatoms. The van der Waals surface area contributed by atoms with E-state index in [9.17, 15) is 13.2 Å². The van der Waals surface area contributed by atoms with Gasteiger partial charge in [-0.25, -0.2) is 8.42 Å². The van der Waals surface area contributed by atoms with Crippen molar-refractivity contribution < 1.29 is 8.42 Å². The third-order valence-corrected chi connectivity index (χ3v) is 6.77. The Morgan fingerprint density at radius 1 is 1.42 bits per heavy atom. The molecule has 0 spiro atoms. The number of halogens is 1. The second-order valence-electron chi connectivity index (χ2n) is 1.96. The van der Waals surface area contributed by atoms with Gasteiger partial charge in [-0.1, -0.05) is 28.9 Å². The molecule has 1 aromatic heterocycles. The molecule has 0 aliphatic rings. The summed E-state index contributed by atoms with van der Waals surface area (Å²) in [5.41, 5.74) is 0. The summed E-state index contributed by atoms with van der Waals surface area (Å²) in [7, 11) is -1.55. The van der Waals surface area contributed by atoms with Crippen molar-refractivity contribution in [3.05, 3.63) is 14.6 Å². The summed E-state index contributed by atoms with van der Waals surface area (Å²) in [5, 5.41) is -0.160. The monoisotopic (exact) mass is 244 g/mol. The molecule has 12 heavy (non-hydrogen) atoms. The lowest BCUT2D eigenvalue weighted by Crippen LogP contribution is -2.03. The third kappa shape index (κ3) is 1.71. The van der Waals surface area contributed by atoms with Gasteiger partial charge in [-0.15, -0.1) is 0 Å². The molecule has 0 fully saturated rings. The number of rotatable bonds is 2. The minimum absolute atomic E-state index is 0.00154. The lowest BCUT2D eigenvalue weighted by Gasteiger charge is -1.94. The zero-order valence-electron chi connectivity index (χ0n) is 6.03. The normalized spacial score (nSPS) is 11.8. The van der Waals surface area contributed by atoms with Crippen molar-refractivity contribution in [3.8, 4) is 0 Å². The molecule has 0 aliphatic heterocycles.